The van der Waals surface area contributed by atoms with Gasteiger partial charge in [-0.15, -0.1) is 0 Å². The van der Waals surface area contributed by atoms with Gasteiger partial charge in [-0.05, 0) is 43.0 Å². The van der Waals surface area contributed by atoms with Gasteiger partial charge in [0.1, 0.15) is 12.4 Å². The third-order valence-corrected chi connectivity index (χ3v) is 5.51. The Morgan fingerprint density at radius 1 is 1.29 bits per heavy atom. The molecule has 0 bridgehead atoms. The van der Waals surface area contributed by atoms with Crippen molar-refractivity contribution in [3.8, 4) is 5.75 Å². The average Bonchev–Trinajstić information content (AvgIpc) is 2.60. The van der Waals surface area contributed by atoms with Gasteiger partial charge in [0.2, 0.25) is 15.9 Å². The minimum atomic E-state index is -3.57. The van der Waals surface area contributed by atoms with Crippen molar-refractivity contribution in [2.45, 2.75) is 17.7 Å². The maximum absolute atomic E-state index is 12.3. The van der Waals surface area contributed by atoms with E-state index in [0.717, 1.165) is 12.8 Å². The molecule has 0 saturated carbocycles. The highest BCUT2D eigenvalue weighted by atomic mass is 32.2. The standard InChI is InChI=1S/C16H24N2O5S/c1-22-12-16(19)18-9-3-4-13(11-18)10-17-24(20,21)15-7-5-14(23-2)6-8-15/h5-8,13,17H,3-4,9-12H2,1-2H3/t13-/m0/s1. The van der Waals surface area contributed by atoms with Gasteiger partial charge in [0.05, 0.1) is 12.0 Å². The summed E-state index contributed by atoms with van der Waals surface area (Å²) in [6.45, 7) is 1.62. The van der Waals surface area contributed by atoms with Crippen LogP contribution in [0.2, 0.25) is 0 Å². The number of nitrogens with zero attached hydrogens (tertiary/aromatic N) is 1. The molecule has 1 atom stereocenters. The molecule has 1 aliphatic heterocycles. The van der Waals surface area contributed by atoms with E-state index < -0.39 is 10.0 Å². The Balaban J connectivity index is 1.92. The van der Waals surface area contributed by atoms with Gasteiger partial charge in [-0.25, -0.2) is 13.1 Å². The molecule has 134 valence electrons. The van der Waals surface area contributed by atoms with Gasteiger partial charge < -0.3 is 14.4 Å². The fourth-order valence-corrected chi connectivity index (χ4v) is 3.85. The van der Waals surface area contributed by atoms with Crippen LogP contribution in [0, 0.1) is 5.92 Å². The first kappa shape index (κ1) is 18.7. The van der Waals surface area contributed by atoms with Gasteiger partial charge in [0.15, 0.2) is 0 Å². The lowest BCUT2D eigenvalue weighted by Gasteiger charge is -2.32. The molecule has 2 rings (SSSR count). The summed E-state index contributed by atoms with van der Waals surface area (Å²) in [6.07, 6.45) is 1.76. The summed E-state index contributed by atoms with van der Waals surface area (Å²) < 4.78 is 37.2. The molecular weight excluding hydrogens is 332 g/mol. The molecule has 0 unspecified atom stereocenters. The molecule has 24 heavy (non-hydrogen) atoms. The quantitative estimate of drug-likeness (QED) is 0.783. The van der Waals surface area contributed by atoms with E-state index in [1.54, 1.807) is 17.0 Å². The van der Waals surface area contributed by atoms with Crippen LogP contribution >= 0.6 is 0 Å². The fraction of sp³-hybridized carbons (Fsp3) is 0.562. The first-order valence-electron chi connectivity index (χ1n) is 7.86. The Morgan fingerprint density at radius 3 is 2.62 bits per heavy atom. The SMILES string of the molecule is COCC(=O)N1CCC[C@@H](CNS(=O)(=O)c2ccc(OC)cc2)C1. The summed E-state index contributed by atoms with van der Waals surface area (Å²) in [6, 6.07) is 6.24. The number of nitrogens with one attached hydrogen (secondary N) is 1. The second-order valence-corrected chi connectivity index (χ2v) is 7.58. The molecule has 1 N–H and O–H groups in total. The molecule has 0 aromatic heterocycles. The van der Waals surface area contributed by atoms with Gasteiger partial charge in [0, 0.05) is 26.7 Å². The van der Waals surface area contributed by atoms with Crippen LogP contribution in [0.5, 0.6) is 5.75 Å². The van der Waals surface area contributed by atoms with Crippen LogP contribution in [0.3, 0.4) is 0 Å². The van der Waals surface area contributed by atoms with Crippen LogP contribution in [-0.4, -0.2) is 59.7 Å². The molecule has 8 heteroatoms. The van der Waals surface area contributed by atoms with E-state index in [0.29, 0.717) is 25.4 Å². The third-order valence-electron chi connectivity index (χ3n) is 4.07. The topological polar surface area (TPSA) is 84.9 Å². The average molecular weight is 356 g/mol. The molecular formula is C16H24N2O5S. The largest absolute Gasteiger partial charge is 0.497 e. The van der Waals surface area contributed by atoms with Crippen LogP contribution in [0.25, 0.3) is 0 Å². The monoisotopic (exact) mass is 356 g/mol. The Labute approximate surface area is 143 Å². The van der Waals surface area contributed by atoms with E-state index in [4.69, 9.17) is 9.47 Å². The maximum atomic E-state index is 12.3. The molecule has 1 aromatic rings. The smallest absolute Gasteiger partial charge is 0.248 e. The lowest BCUT2D eigenvalue weighted by Crippen LogP contribution is -2.44. The highest BCUT2D eigenvalue weighted by Crippen LogP contribution is 2.18. The molecule has 1 aromatic carbocycles. The fourth-order valence-electron chi connectivity index (χ4n) is 2.74. The zero-order valence-electron chi connectivity index (χ0n) is 14.0. The number of benzene rings is 1. The second kappa shape index (κ2) is 8.46. The molecule has 1 amide bonds. The number of piperidine rings is 1. The van der Waals surface area contributed by atoms with E-state index in [1.165, 1.54) is 26.4 Å². The van der Waals surface area contributed by atoms with Crippen molar-refractivity contribution in [3.63, 3.8) is 0 Å². The first-order chi connectivity index (χ1) is 11.5. The number of carbonyl (C=O) groups is 1. The van der Waals surface area contributed by atoms with Gasteiger partial charge in [-0.3, -0.25) is 4.79 Å². The van der Waals surface area contributed by atoms with Crippen LogP contribution in [0.4, 0.5) is 0 Å². The molecule has 1 saturated heterocycles. The number of methoxy groups -OCH3 is 2. The normalized spacial score (nSPS) is 18.4. The lowest BCUT2D eigenvalue weighted by atomic mass is 9.98. The van der Waals surface area contributed by atoms with E-state index in [9.17, 15) is 13.2 Å². The molecule has 1 aliphatic rings. The van der Waals surface area contributed by atoms with Gasteiger partial charge >= 0.3 is 0 Å². The van der Waals surface area contributed by atoms with Crippen molar-refractivity contribution in [1.82, 2.24) is 9.62 Å². The molecule has 0 spiro atoms. The summed E-state index contributed by atoms with van der Waals surface area (Å²) in [5.41, 5.74) is 0. The van der Waals surface area contributed by atoms with Crippen molar-refractivity contribution in [3.05, 3.63) is 24.3 Å². The Kier molecular flexibility index (Phi) is 6.59. The molecule has 7 nitrogen and oxygen atoms in total. The van der Waals surface area contributed by atoms with E-state index in [1.807, 2.05) is 0 Å². The van der Waals surface area contributed by atoms with Gasteiger partial charge in [-0.2, -0.15) is 0 Å². The number of amides is 1. The van der Waals surface area contributed by atoms with E-state index >= 15 is 0 Å². The highest BCUT2D eigenvalue weighted by molar-refractivity contribution is 7.89. The Morgan fingerprint density at radius 2 is 2.00 bits per heavy atom. The molecule has 0 radical (unpaired) electrons. The first-order valence-corrected chi connectivity index (χ1v) is 9.35. The zero-order valence-corrected chi connectivity index (χ0v) is 14.8. The van der Waals surface area contributed by atoms with Gasteiger partial charge in [0.25, 0.3) is 0 Å². The van der Waals surface area contributed by atoms with Crippen molar-refractivity contribution < 1.29 is 22.7 Å². The number of hydrogen-bond acceptors (Lipinski definition) is 5. The number of rotatable bonds is 7. The molecule has 0 aliphatic carbocycles. The maximum Gasteiger partial charge on any atom is 0.248 e. The van der Waals surface area contributed by atoms with Crippen LogP contribution < -0.4 is 9.46 Å². The second-order valence-electron chi connectivity index (χ2n) is 5.81. The summed E-state index contributed by atoms with van der Waals surface area (Å²) in [4.78, 5) is 13.8. The Hall–Kier alpha value is -1.64. The number of sulfonamides is 1. The molecule has 1 fully saturated rings. The highest BCUT2D eigenvalue weighted by Gasteiger charge is 2.25. The van der Waals surface area contributed by atoms with Crippen molar-refractivity contribution >= 4 is 15.9 Å². The minimum Gasteiger partial charge on any atom is -0.497 e. The van der Waals surface area contributed by atoms with Crippen molar-refractivity contribution in [2.24, 2.45) is 5.92 Å². The summed E-state index contributed by atoms with van der Waals surface area (Å²) >= 11 is 0. The number of hydrogen-bond donors (Lipinski definition) is 1. The number of ether oxygens (including phenoxy) is 2. The van der Waals surface area contributed by atoms with Gasteiger partial charge in [-0.1, -0.05) is 0 Å². The molecule has 1 heterocycles. The van der Waals surface area contributed by atoms with Crippen molar-refractivity contribution in [2.75, 3.05) is 40.5 Å². The number of carbonyl (C=O) groups excluding carboxylic acids is 1. The van der Waals surface area contributed by atoms with E-state index in [-0.39, 0.29) is 23.3 Å². The van der Waals surface area contributed by atoms with Crippen LogP contribution in [-0.2, 0) is 19.6 Å². The third kappa shape index (κ3) is 4.93. The lowest BCUT2D eigenvalue weighted by molar-refractivity contribution is -0.136. The summed E-state index contributed by atoms with van der Waals surface area (Å²) in [5, 5.41) is 0. The predicted molar refractivity (Wildman–Crippen MR) is 89.4 cm³/mol. The van der Waals surface area contributed by atoms with Crippen molar-refractivity contribution in [1.29, 1.82) is 0 Å². The zero-order chi connectivity index (χ0) is 17.6. The Bertz CT molecular complexity index is 645. The summed E-state index contributed by atoms with van der Waals surface area (Å²) in [5.74, 6) is 0.654. The van der Waals surface area contributed by atoms with E-state index in [2.05, 4.69) is 4.72 Å². The minimum absolute atomic E-state index is 0.0554. The summed E-state index contributed by atoms with van der Waals surface area (Å²) in [7, 11) is -0.549. The predicted octanol–water partition coefficient (Wildman–Crippen LogP) is 0.859. The number of likely N-dealkylation sites (tertiary alicyclic amines) is 1. The van der Waals surface area contributed by atoms with Crippen LogP contribution in [0.1, 0.15) is 12.8 Å². The van der Waals surface area contributed by atoms with Crippen LogP contribution in [0.15, 0.2) is 29.2 Å².